The van der Waals surface area contributed by atoms with Crippen molar-refractivity contribution < 1.29 is 29.2 Å². The number of carbonyl (C=O) groups is 1. The molecule has 0 spiro atoms. The van der Waals surface area contributed by atoms with Crippen LogP contribution in [0.25, 0.3) is 0 Å². The van der Waals surface area contributed by atoms with Crippen LogP contribution in [0.2, 0.25) is 0 Å². The number of aliphatic hydroxyl groups is 2. The number of β-amino-alcohol motifs (C(OH)–C–C–N with tert-alkyl or cyclic N) is 1. The highest BCUT2D eigenvalue weighted by Gasteiger charge is 2.39. The minimum atomic E-state index is -0.590. The largest absolute Gasteiger partial charge is 0.445 e. The molecule has 188 valence electrons. The first-order chi connectivity index (χ1) is 17.0. The van der Waals surface area contributed by atoms with Crippen molar-refractivity contribution in [3.63, 3.8) is 0 Å². The highest BCUT2D eigenvalue weighted by atomic mass is 16.7. The normalized spacial score (nSPS) is 26.9. The molecular formula is C27H34N2O6. The first-order valence-corrected chi connectivity index (χ1v) is 12.0. The number of nitrogens with one attached hydrogen (secondary N) is 1. The van der Waals surface area contributed by atoms with Gasteiger partial charge in [-0.25, -0.2) is 4.79 Å². The predicted octanol–water partition coefficient (Wildman–Crippen LogP) is 3.77. The van der Waals surface area contributed by atoms with E-state index in [0.29, 0.717) is 18.8 Å². The molecule has 0 saturated carbocycles. The van der Waals surface area contributed by atoms with Crippen LogP contribution in [-0.4, -0.2) is 59.7 Å². The van der Waals surface area contributed by atoms with Gasteiger partial charge in [0.25, 0.3) is 0 Å². The Balaban J connectivity index is 1.52. The van der Waals surface area contributed by atoms with Gasteiger partial charge >= 0.3 is 6.09 Å². The van der Waals surface area contributed by atoms with Crippen molar-refractivity contribution in [2.45, 2.75) is 44.6 Å². The maximum atomic E-state index is 11.8. The molecule has 2 aromatic carbocycles. The summed E-state index contributed by atoms with van der Waals surface area (Å²) in [6.07, 6.45) is 0.550. The molecular weight excluding hydrogens is 448 g/mol. The van der Waals surface area contributed by atoms with Crippen LogP contribution in [0.1, 0.15) is 42.4 Å². The van der Waals surface area contributed by atoms with Gasteiger partial charge in [0.15, 0.2) is 6.29 Å². The lowest BCUT2D eigenvalue weighted by Gasteiger charge is -2.42. The zero-order valence-corrected chi connectivity index (χ0v) is 20.0. The summed E-state index contributed by atoms with van der Waals surface area (Å²) in [7, 11) is 0. The number of anilines is 1. The van der Waals surface area contributed by atoms with Crippen LogP contribution in [0.15, 0.2) is 61.2 Å². The van der Waals surface area contributed by atoms with Crippen molar-refractivity contribution >= 4 is 11.8 Å². The van der Waals surface area contributed by atoms with Gasteiger partial charge in [-0.05, 0) is 29.7 Å². The third-order valence-electron chi connectivity index (χ3n) is 6.57. The number of aliphatic hydroxyl groups excluding tert-OH is 2. The standard InChI is InChI=1S/C27H34N2O6/c1-3-14-33-27(32)28-22-10-8-21(9-11-22)26-34-24(16-29-13-12-23(31)15-29)18(2)25(35-26)20-6-4-19(17-30)5-7-20/h3-11,18,23-26,30-31H,1,12-17H2,2H3,(H,28,32)/t18-,23-,24+,25+,26+/m0/s1. The van der Waals surface area contributed by atoms with Crippen molar-refractivity contribution in [3.05, 3.63) is 77.9 Å². The van der Waals surface area contributed by atoms with Crippen LogP contribution < -0.4 is 5.32 Å². The van der Waals surface area contributed by atoms with Gasteiger partial charge in [-0.15, -0.1) is 0 Å². The average molecular weight is 483 g/mol. The van der Waals surface area contributed by atoms with Gasteiger partial charge < -0.3 is 24.4 Å². The molecule has 2 aliphatic heterocycles. The minimum Gasteiger partial charge on any atom is -0.445 e. The molecule has 2 saturated heterocycles. The molecule has 0 aromatic heterocycles. The number of ether oxygens (including phenoxy) is 3. The van der Waals surface area contributed by atoms with Crippen molar-refractivity contribution in [2.24, 2.45) is 5.92 Å². The third-order valence-corrected chi connectivity index (χ3v) is 6.57. The summed E-state index contributed by atoms with van der Waals surface area (Å²) in [5.41, 5.74) is 3.32. The second kappa shape index (κ2) is 11.8. The van der Waals surface area contributed by atoms with E-state index >= 15 is 0 Å². The predicted molar refractivity (Wildman–Crippen MR) is 132 cm³/mol. The fraction of sp³-hybridized carbons (Fsp3) is 0.444. The van der Waals surface area contributed by atoms with Crippen LogP contribution in [0.3, 0.4) is 0 Å². The molecule has 2 aromatic rings. The van der Waals surface area contributed by atoms with Gasteiger partial charge in [-0.2, -0.15) is 0 Å². The molecule has 4 rings (SSSR count). The Morgan fingerprint density at radius 2 is 1.89 bits per heavy atom. The van der Waals surface area contributed by atoms with Gasteiger partial charge in [0, 0.05) is 36.8 Å². The molecule has 3 N–H and O–H groups in total. The lowest BCUT2D eigenvalue weighted by molar-refractivity contribution is -0.276. The van der Waals surface area contributed by atoms with E-state index in [1.807, 2.05) is 36.4 Å². The Labute approximate surface area is 206 Å². The highest BCUT2D eigenvalue weighted by molar-refractivity contribution is 5.84. The van der Waals surface area contributed by atoms with Crippen molar-refractivity contribution in [2.75, 3.05) is 31.6 Å². The monoisotopic (exact) mass is 482 g/mol. The molecule has 0 unspecified atom stereocenters. The molecule has 8 nitrogen and oxygen atoms in total. The molecule has 1 amide bonds. The second-order valence-corrected chi connectivity index (χ2v) is 9.16. The number of rotatable bonds is 8. The van der Waals surface area contributed by atoms with Gasteiger partial charge in [0.05, 0.1) is 24.9 Å². The molecule has 2 heterocycles. The summed E-state index contributed by atoms with van der Waals surface area (Å²) in [5, 5.41) is 22.1. The van der Waals surface area contributed by atoms with E-state index < -0.39 is 12.4 Å². The molecule has 0 bridgehead atoms. The molecule has 8 heteroatoms. The number of likely N-dealkylation sites (tertiary alicyclic amines) is 1. The second-order valence-electron chi connectivity index (χ2n) is 9.16. The number of hydrogen-bond acceptors (Lipinski definition) is 7. The Bertz CT molecular complexity index is 980. The minimum absolute atomic E-state index is 0.00544. The van der Waals surface area contributed by atoms with E-state index in [4.69, 9.17) is 14.2 Å². The lowest BCUT2D eigenvalue weighted by Crippen LogP contribution is -2.44. The van der Waals surface area contributed by atoms with E-state index in [0.717, 1.165) is 29.7 Å². The summed E-state index contributed by atoms with van der Waals surface area (Å²) >= 11 is 0. The average Bonchev–Trinajstić information content (AvgIpc) is 3.29. The number of nitrogens with zero attached hydrogens (tertiary/aromatic N) is 1. The number of hydrogen-bond donors (Lipinski definition) is 3. The fourth-order valence-corrected chi connectivity index (χ4v) is 4.57. The molecule has 2 fully saturated rings. The number of amides is 1. The van der Waals surface area contributed by atoms with Gasteiger partial charge in [0.2, 0.25) is 0 Å². The SMILES string of the molecule is C=CCOC(=O)Nc1ccc([C@@H]2O[C@H](CN3CC[C@H](O)C3)[C@H](C)[C@H](c3ccc(CO)cc3)O2)cc1. The first-order valence-electron chi connectivity index (χ1n) is 12.0. The van der Waals surface area contributed by atoms with Crippen LogP contribution >= 0.6 is 0 Å². The van der Waals surface area contributed by atoms with Gasteiger partial charge in [0.1, 0.15) is 6.61 Å². The topological polar surface area (TPSA) is 100 Å². The Kier molecular flexibility index (Phi) is 8.54. The third kappa shape index (κ3) is 6.48. The van der Waals surface area contributed by atoms with Crippen molar-refractivity contribution in [3.8, 4) is 0 Å². The van der Waals surface area contributed by atoms with Gasteiger partial charge in [-0.1, -0.05) is 56.0 Å². The van der Waals surface area contributed by atoms with E-state index in [2.05, 4.69) is 23.7 Å². The summed E-state index contributed by atoms with van der Waals surface area (Å²) in [5.74, 6) is 0.0736. The van der Waals surface area contributed by atoms with E-state index in [-0.39, 0.29) is 37.4 Å². The molecule has 0 radical (unpaired) electrons. The van der Waals surface area contributed by atoms with Crippen LogP contribution in [0.4, 0.5) is 10.5 Å². The zero-order valence-electron chi connectivity index (χ0n) is 20.0. The van der Waals surface area contributed by atoms with Crippen molar-refractivity contribution in [1.29, 1.82) is 0 Å². The van der Waals surface area contributed by atoms with E-state index in [1.165, 1.54) is 6.08 Å². The van der Waals surface area contributed by atoms with E-state index in [1.54, 1.807) is 12.1 Å². The van der Waals surface area contributed by atoms with E-state index in [9.17, 15) is 15.0 Å². The highest BCUT2D eigenvalue weighted by Crippen LogP contribution is 2.42. The summed E-state index contributed by atoms with van der Waals surface area (Å²) in [4.78, 5) is 14.0. The first kappa shape index (κ1) is 25.3. The number of benzene rings is 2. The molecule has 2 aliphatic rings. The van der Waals surface area contributed by atoms with Crippen LogP contribution in [-0.2, 0) is 20.8 Å². The maximum absolute atomic E-state index is 11.8. The van der Waals surface area contributed by atoms with Crippen LogP contribution in [0, 0.1) is 5.92 Å². The number of carbonyl (C=O) groups excluding carboxylic acids is 1. The van der Waals surface area contributed by atoms with Gasteiger partial charge in [-0.3, -0.25) is 10.2 Å². The molecule has 0 aliphatic carbocycles. The molecule has 35 heavy (non-hydrogen) atoms. The summed E-state index contributed by atoms with van der Waals surface area (Å²) < 4.78 is 17.9. The van der Waals surface area contributed by atoms with Crippen molar-refractivity contribution in [1.82, 2.24) is 4.90 Å². The molecule has 5 atom stereocenters. The lowest BCUT2D eigenvalue weighted by atomic mass is 9.90. The maximum Gasteiger partial charge on any atom is 0.411 e. The van der Waals surface area contributed by atoms with Crippen LogP contribution in [0.5, 0.6) is 0 Å². The Hall–Kier alpha value is -2.75. The Morgan fingerprint density at radius 3 is 2.51 bits per heavy atom. The smallest absolute Gasteiger partial charge is 0.411 e. The fourth-order valence-electron chi connectivity index (χ4n) is 4.57. The summed E-state index contributed by atoms with van der Waals surface area (Å²) in [6, 6.07) is 15.1. The Morgan fingerprint density at radius 1 is 1.17 bits per heavy atom. The zero-order chi connectivity index (χ0) is 24.8. The quantitative estimate of drug-likeness (QED) is 0.493. The summed E-state index contributed by atoms with van der Waals surface area (Å²) in [6.45, 7) is 7.99.